The van der Waals surface area contributed by atoms with Crippen molar-refractivity contribution >= 4 is 0 Å². The van der Waals surface area contributed by atoms with Crippen molar-refractivity contribution in [3.8, 4) is 0 Å². The van der Waals surface area contributed by atoms with E-state index >= 15 is 0 Å². The number of aromatic amines is 1. The van der Waals surface area contributed by atoms with Gasteiger partial charge in [0.25, 0.3) is 5.56 Å². The number of aromatic nitrogens is 2. The van der Waals surface area contributed by atoms with E-state index < -0.39 is 0 Å². The molecule has 6 nitrogen and oxygen atoms in total. The van der Waals surface area contributed by atoms with Gasteiger partial charge in [0.2, 0.25) is 0 Å². The molecular formula is C15H24N4O2. The average molecular weight is 292 g/mol. The maximum Gasteiger partial charge on any atom is 0.251 e. The molecule has 2 aliphatic rings. The summed E-state index contributed by atoms with van der Waals surface area (Å²) in [6.07, 6.45) is 2.17. The molecule has 2 aliphatic heterocycles. The molecule has 1 spiro atoms. The lowest BCUT2D eigenvalue weighted by Crippen LogP contribution is -2.62. The third kappa shape index (κ3) is 3.17. The van der Waals surface area contributed by atoms with Crippen molar-refractivity contribution in [2.75, 3.05) is 39.9 Å². The van der Waals surface area contributed by atoms with Crippen molar-refractivity contribution in [1.29, 1.82) is 0 Å². The Morgan fingerprint density at radius 3 is 2.86 bits per heavy atom. The van der Waals surface area contributed by atoms with E-state index in [4.69, 9.17) is 4.74 Å². The minimum atomic E-state index is -0.0626. The van der Waals surface area contributed by atoms with Crippen LogP contribution in [0, 0.1) is 6.92 Å². The molecule has 0 atom stereocenters. The maximum atomic E-state index is 11.6. The first-order valence-electron chi connectivity index (χ1n) is 7.66. The summed E-state index contributed by atoms with van der Waals surface area (Å²) in [5.74, 6) is 0.687. The van der Waals surface area contributed by atoms with E-state index in [0.717, 1.165) is 57.9 Å². The molecule has 2 saturated heterocycles. The van der Waals surface area contributed by atoms with Gasteiger partial charge in [0.15, 0.2) is 0 Å². The summed E-state index contributed by atoms with van der Waals surface area (Å²) < 4.78 is 5.53. The summed E-state index contributed by atoms with van der Waals surface area (Å²) in [7, 11) is 2.22. The highest BCUT2D eigenvalue weighted by Gasteiger charge is 2.40. The first-order chi connectivity index (χ1) is 10.1. The molecule has 0 bridgehead atoms. The molecule has 21 heavy (non-hydrogen) atoms. The van der Waals surface area contributed by atoms with Crippen LogP contribution < -0.4 is 5.56 Å². The third-order valence-electron chi connectivity index (χ3n) is 4.80. The number of nitrogens with zero attached hydrogens (tertiary/aromatic N) is 3. The Morgan fingerprint density at radius 2 is 2.14 bits per heavy atom. The van der Waals surface area contributed by atoms with Crippen LogP contribution in [0.3, 0.4) is 0 Å². The van der Waals surface area contributed by atoms with Gasteiger partial charge in [-0.1, -0.05) is 0 Å². The lowest BCUT2D eigenvalue weighted by Gasteiger charge is -2.51. The highest BCUT2D eigenvalue weighted by atomic mass is 16.5. The summed E-state index contributed by atoms with van der Waals surface area (Å²) in [4.78, 5) is 23.6. The van der Waals surface area contributed by atoms with E-state index in [-0.39, 0.29) is 11.1 Å². The normalized spacial score (nSPS) is 23.5. The van der Waals surface area contributed by atoms with Crippen LogP contribution in [0.2, 0.25) is 0 Å². The number of piperazine rings is 1. The van der Waals surface area contributed by atoms with Crippen molar-refractivity contribution in [2.24, 2.45) is 0 Å². The molecule has 2 fully saturated rings. The van der Waals surface area contributed by atoms with Gasteiger partial charge < -0.3 is 9.72 Å². The van der Waals surface area contributed by atoms with Gasteiger partial charge in [0.1, 0.15) is 5.82 Å². The molecule has 0 aromatic carbocycles. The minimum Gasteiger partial charge on any atom is -0.381 e. The monoisotopic (exact) mass is 292 g/mol. The fourth-order valence-corrected chi connectivity index (χ4v) is 3.52. The topological polar surface area (TPSA) is 61.5 Å². The Balaban J connectivity index is 1.73. The molecule has 3 rings (SSSR count). The van der Waals surface area contributed by atoms with Crippen molar-refractivity contribution < 1.29 is 4.74 Å². The highest BCUT2D eigenvalue weighted by Crippen LogP contribution is 2.31. The van der Waals surface area contributed by atoms with Crippen LogP contribution in [0.1, 0.15) is 24.4 Å². The van der Waals surface area contributed by atoms with Crippen LogP contribution >= 0.6 is 0 Å². The first kappa shape index (κ1) is 14.7. The molecule has 0 amide bonds. The smallest absolute Gasteiger partial charge is 0.251 e. The van der Waals surface area contributed by atoms with Crippen molar-refractivity contribution in [3.63, 3.8) is 0 Å². The van der Waals surface area contributed by atoms with E-state index in [1.165, 1.54) is 0 Å². The summed E-state index contributed by atoms with van der Waals surface area (Å²) in [5.41, 5.74) is 1.03. The minimum absolute atomic E-state index is 0.0626. The SMILES string of the molecule is Cc1nc(CN2CCN(C)C3(CCOCC3)C2)cc(=O)[nH]1. The summed E-state index contributed by atoms with van der Waals surface area (Å²) in [5, 5.41) is 0. The molecule has 1 aromatic rings. The van der Waals surface area contributed by atoms with E-state index in [9.17, 15) is 4.79 Å². The number of likely N-dealkylation sites (N-methyl/N-ethyl adjacent to an activating group) is 1. The molecular weight excluding hydrogens is 268 g/mol. The number of hydrogen-bond donors (Lipinski definition) is 1. The Labute approximate surface area is 125 Å². The van der Waals surface area contributed by atoms with E-state index in [1.807, 2.05) is 6.92 Å². The van der Waals surface area contributed by atoms with Crippen LogP contribution in [-0.4, -0.2) is 65.2 Å². The van der Waals surface area contributed by atoms with E-state index in [0.29, 0.717) is 5.82 Å². The van der Waals surface area contributed by atoms with Gasteiger partial charge >= 0.3 is 0 Å². The fraction of sp³-hybridized carbons (Fsp3) is 0.733. The molecule has 3 heterocycles. The fourth-order valence-electron chi connectivity index (χ4n) is 3.52. The van der Waals surface area contributed by atoms with Crippen LogP contribution in [0.5, 0.6) is 0 Å². The largest absolute Gasteiger partial charge is 0.381 e. The summed E-state index contributed by atoms with van der Waals surface area (Å²) in [6.45, 7) is 7.38. The van der Waals surface area contributed by atoms with E-state index in [1.54, 1.807) is 6.07 Å². The molecule has 0 unspecified atom stereocenters. The second-order valence-electron chi connectivity index (χ2n) is 6.29. The zero-order valence-electron chi connectivity index (χ0n) is 12.9. The predicted molar refractivity (Wildman–Crippen MR) is 80.3 cm³/mol. The van der Waals surface area contributed by atoms with E-state index in [2.05, 4.69) is 26.8 Å². The van der Waals surface area contributed by atoms with Gasteiger partial charge in [0.05, 0.1) is 5.69 Å². The van der Waals surface area contributed by atoms with Crippen LogP contribution in [0.25, 0.3) is 0 Å². The Kier molecular flexibility index (Phi) is 4.10. The summed E-state index contributed by atoms with van der Waals surface area (Å²) in [6, 6.07) is 1.61. The lowest BCUT2D eigenvalue weighted by molar-refractivity contribution is -0.0627. The first-order valence-corrected chi connectivity index (χ1v) is 7.66. The van der Waals surface area contributed by atoms with Crippen molar-refractivity contribution in [1.82, 2.24) is 19.8 Å². The second kappa shape index (κ2) is 5.87. The number of aryl methyl sites for hydroxylation is 1. The number of ether oxygens (including phenoxy) is 1. The highest BCUT2D eigenvalue weighted by molar-refractivity contribution is 5.04. The number of rotatable bonds is 2. The molecule has 0 saturated carbocycles. The van der Waals surface area contributed by atoms with Crippen LogP contribution in [-0.2, 0) is 11.3 Å². The Hall–Kier alpha value is -1.24. The Morgan fingerprint density at radius 1 is 1.38 bits per heavy atom. The predicted octanol–water partition coefficient (Wildman–Crippen LogP) is 0.375. The quantitative estimate of drug-likeness (QED) is 0.853. The summed E-state index contributed by atoms with van der Waals surface area (Å²) >= 11 is 0. The lowest BCUT2D eigenvalue weighted by atomic mass is 9.86. The average Bonchev–Trinajstić information content (AvgIpc) is 2.43. The molecule has 0 radical (unpaired) electrons. The molecule has 1 aromatic heterocycles. The van der Waals surface area contributed by atoms with Gasteiger partial charge in [-0.15, -0.1) is 0 Å². The zero-order valence-corrected chi connectivity index (χ0v) is 12.9. The molecule has 6 heteroatoms. The van der Waals surface area contributed by atoms with Crippen molar-refractivity contribution in [3.05, 3.63) is 27.9 Å². The number of nitrogens with one attached hydrogen (secondary N) is 1. The molecule has 0 aliphatic carbocycles. The van der Waals surface area contributed by atoms with Gasteiger partial charge in [-0.3, -0.25) is 14.6 Å². The maximum absolute atomic E-state index is 11.6. The Bertz CT molecular complexity index is 551. The standard InChI is InChI=1S/C15H24N4O2/c1-12-16-13(9-14(20)17-12)10-19-6-5-18(2)15(11-19)3-7-21-8-4-15/h9H,3-8,10-11H2,1-2H3,(H,16,17,20). The van der Waals surface area contributed by atoms with Gasteiger partial charge in [-0.25, -0.2) is 4.98 Å². The molecule has 1 N–H and O–H groups in total. The molecule has 116 valence electrons. The van der Waals surface area contributed by atoms with Gasteiger partial charge in [-0.2, -0.15) is 0 Å². The van der Waals surface area contributed by atoms with Gasteiger partial charge in [0, 0.05) is 51.0 Å². The van der Waals surface area contributed by atoms with Gasteiger partial charge in [-0.05, 0) is 26.8 Å². The third-order valence-corrected chi connectivity index (χ3v) is 4.80. The number of H-pyrrole nitrogens is 1. The second-order valence-corrected chi connectivity index (χ2v) is 6.29. The van der Waals surface area contributed by atoms with Crippen molar-refractivity contribution in [2.45, 2.75) is 31.8 Å². The van der Waals surface area contributed by atoms with Crippen LogP contribution in [0.15, 0.2) is 10.9 Å². The van der Waals surface area contributed by atoms with Crippen LogP contribution in [0.4, 0.5) is 0 Å². The zero-order chi connectivity index (χ0) is 14.9. The number of hydrogen-bond acceptors (Lipinski definition) is 5.